The summed E-state index contributed by atoms with van der Waals surface area (Å²) in [6, 6.07) is 1.68. The average Bonchev–Trinajstić information content (AvgIpc) is 2.20. The van der Waals surface area contributed by atoms with Gasteiger partial charge in [0.1, 0.15) is 0 Å². The van der Waals surface area contributed by atoms with E-state index in [1.807, 2.05) is 0 Å². The summed E-state index contributed by atoms with van der Waals surface area (Å²) in [6.45, 7) is 0.375. The van der Waals surface area contributed by atoms with Gasteiger partial charge in [-0.25, -0.2) is 9.97 Å². The number of anilines is 1. The zero-order chi connectivity index (χ0) is 9.94. The Kier molecular flexibility index (Phi) is 6.62. The minimum Gasteiger partial charge on any atom is -0.471 e. The summed E-state index contributed by atoms with van der Waals surface area (Å²) in [6.07, 6.45) is 4.83. The molecule has 1 aromatic rings. The third-order valence-corrected chi connectivity index (χ3v) is 0.830. The van der Waals surface area contributed by atoms with E-state index in [1.165, 1.54) is 7.11 Å². The topological polar surface area (TPSA) is 87.9 Å². The first-order valence-electron chi connectivity index (χ1n) is 3.23. The summed E-state index contributed by atoms with van der Waals surface area (Å²) in [5.74, 6) is 0.333. The van der Waals surface area contributed by atoms with Crippen molar-refractivity contribution < 1.29 is 9.53 Å². The van der Waals surface area contributed by atoms with Crippen LogP contribution in [0.4, 0.5) is 5.95 Å². The number of hydrogen-bond donors (Lipinski definition) is 1. The van der Waals surface area contributed by atoms with Crippen LogP contribution in [0.5, 0.6) is 0 Å². The number of aromatic nitrogens is 2. The van der Waals surface area contributed by atoms with Crippen LogP contribution in [-0.4, -0.2) is 23.5 Å². The molecule has 6 nitrogen and oxygen atoms in total. The first-order valence-corrected chi connectivity index (χ1v) is 3.23. The lowest BCUT2D eigenvalue weighted by atomic mass is 10.7. The molecule has 0 fully saturated rings. The van der Waals surface area contributed by atoms with E-state index in [9.17, 15) is 0 Å². The average molecular weight is 180 g/mol. The Bertz CT molecular complexity index is 270. The van der Waals surface area contributed by atoms with Gasteiger partial charge < -0.3 is 4.74 Å². The van der Waals surface area contributed by atoms with Crippen molar-refractivity contribution in [3.63, 3.8) is 0 Å². The summed E-state index contributed by atoms with van der Waals surface area (Å²) >= 11 is 0. The number of nitrogens with one attached hydrogen (secondary N) is 1. The highest BCUT2D eigenvalue weighted by molar-refractivity contribution is 5.36. The second-order valence-electron chi connectivity index (χ2n) is 1.64. The molecule has 0 aliphatic heterocycles. The van der Waals surface area contributed by atoms with Gasteiger partial charge in [0, 0.05) is 12.4 Å². The van der Waals surface area contributed by atoms with Gasteiger partial charge in [0.25, 0.3) is 6.47 Å². The molecule has 0 radical (unpaired) electrons. The van der Waals surface area contributed by atoms with E-state index in [-0.39, 0.29) is 0 Å². The zero-order valence-electron chi connectivity index (χ0n) is 6.97. The van der Waals surface area contributed by atoms with Gasteiger partial charge in [0.2, 0.25) is 5.95 Å². The van der Waals surface area contributed by atoms with E-state index in [4.69, 9.17) is 10.1 Å². The van der Waals surface area contributed by atoms with Crippen molar-refractivity contribution in [1.82, 2.24) is 9.97 Å². The van der Waals surface area contributed by atoms with Crippen molar-refractivity contribution >= 4 is 12.4 Å². The molecule has 0 atom stereocenters. The number of rotatable bonds is 2. The molecule has 0 aliphatic carbocycles. The second kappa shape index (κ2) is 7.94. The third-order valence-electron chi connectivity index (χ3n) is 0.830. The van der Waals surface area contributed by atoms with Crippen molar-refractivity contribution in [3.8, 4) is 6.19 Å². The Morgan fingerprint density at radius 1 is 1.62 bits per heavy atom. The second-order valence-corrected chi connectivity index (χ2v) is 1.64. The van der Waals surface area contributed by atoms with E-state index >= 15 is 0 Å². The standard InChI is InChI=1S/C5H4N4.C2H4O2/c6-4-9-5-7-2-1-3-8-5;1-4-2-3/h1-3H,(H,7,8,9);2H,1H3. The van der Waals surface area contributed by atoms with Crippen molar-refractivity contribution in [2.75, 3.05) is 12.4 Å². The predicted octanol–water partition coefficient (Wildman–Crippen LogP) is 0.159. The number of hydrogen-bond acceptors (Lipinski definition) is 6. The maximum atomic E-state index is 8.95. The van der Waals surface area contributed by atoms with Gasteiger partial charge in [-0.15, -0.1) is 0 Å². The van der Waals surface area contributed by atoms with Gasteiger partial charge in [0.15, 0.2) is 6.19 Å². The van der Waals surface area contributed by atoms with E-state index in [0.717, 1.165) is 0 Å². The fourth-order valence-electron chi connectivity index (χ4n) is 0.414. The number of nitriles is 1. The minimum atomic E-state index is 0.333. The van der Waals surface area contributed by atoms with E-state index in [0.29, 0.717) is 12.4 Å². The lowest BCUT2D eigenvalue weighted by Crippen LogP contribution is -1.92. The molecule has 1 heterocycles. The summed E-state index contributed by atoms with van der Waals surface area (Å²) in [5, 5.41) is 10.4. The fourth-order valence-corrected chi connectivity index (χ4v) is 0.414. The molecule has 1 aromatic heterocycles. The van der Waals surface area contributed by atoms with Crippen molar-refractivity contribution in [2.45, 2.75) is 0 Å². The molecule has 0 spiro atoms. The zero-order valence-corrected chi connectivity index (χ0v) is 6.97. The number of nitrogens with zero attached hydrogens (tertiary/aromatic N) is 3. The number of ether oxygens (including phenoxy) is 1. The van der Waals surface area contributed by atoms with Gasteiger partial charge in [-0.05, 0) is 6.07 Å². The van der Waals surface area contributed by atoms with Crippen molar-refractivity contribution in [2.24, 2.45) is 0 Å². The van der Waals surface area contributed by atoms with Crippen LogP contribution in [0, 0.1) is 11.5 Å². The van der Waals surface area contributed by atoms with Crippen LogP contribution in [0.3, 0.4) is 0 Å². The maximum absolute atomic E-state index is 8.95. The Balaban J connectivity index is 0.000000310. The molecular weight excluding hydrogens is 172 g/mol. The number of carbonyl (C=O) groups is 1. The summed E-state index contributed by atoms with van der Waals surface area (Å²) in [7, 11) is 1.31. The highest BCUT2D eigenvalue weighted by atomic mass is 16.5. The van der Waals surface area contributed by atoms with Crippen LogP contribution < -0.4 is 5.32 Å². The molecule has 0 saturated carbocycles. The molecule has 68 valence electrons. The molecular formula is C7H8N4O2. The maximum Gasteiger partial charge on any atom is 0.292 e. The molecule has 0 aliphatic rings. The molecule has 13 heavy (non-hydrogen) atoms. The minimum absolute atomic E-state index is 0.333. The number of carbonyl (C=O) groups excluding carboxylic acids is 1. The fraction of sp³-hybridized carbons (Fsp3) is 0.143. The largest absolute Gasteiger partial charge is 0.471 e. The van der Waals surface area contributed by atoms with Crippen molar-refractivity contribution in [1.29, 1.82) is 5.26 Å². The summed E-state index contributed by atoms with van der Waals surface area (Å²) < 4.78 is 3.86. The van der Waals surface area contributed by atoms with Crippen LogP contribution in [0.15, 0.2) is 18.5 Å². The lowest BCUT2D eigenvalue weighted by molar-refractivity contribution is -0.126. The quantitative estimate of drug-likeness (QED) is 0.396. The molecule has 0 unspecified atom stereocenters. The normalized spacial score (nSPS) is 7.08. The van der Waals surface area contributed by atoms with Crippen LogP contribution in [-0.2, 0) is 9.53 Å². The molecule has 0 amide bonds. The number of methoxy groups -OCH3 is 1. The molecule has 0 aromatic carbocycles. The highest BCUT2D eigenvalue weighted by Crippen LogP contribution is 1.89. The highest BCUT2D eigenvalue weighted by Gasteiger charge is 1.85. The molecule has 0 saturated heterocycles. The summed E-state index contributed by atoms with van der Waals surface area (Å²) in [5.41, 5.74) is 0. The van der Waals surface area contributed by atoms with E-state index in [1.54, 1.807) is 24.7 Å². The van der Waals surface area contributed by atoms with Crippen LogP contribution >= 0.6 is 0 Å². The SMILES string of the molecule is COC=O.N#CNc1ncccn1. The van der Waals surface area contributed by atoms with E-state index in [2.05, 4.69) is 20.0 Å². The van der Waals surface area contributed by atoms with E-state index < -0.39 is 0 Å². The van der Waals surface area contributed by atoms with Gasteiger partial charge in [0.05, 0.1) is 7.11 Å². The van der Waals surface area contributed by atoms with Crippen LogP contribution in [0.2, 0.25) is 0 Å². The first-order chi connectivity index (χ1) is 6.35. The Morgan fingerprint density at radius 2 is 2.15 bits per heavy atom. The molecule has 6 heteroatoms. The smallest absolute Gasteiger partial charge is 0.292 e. The van der Waals surface area contributed by atoms with Crippen LogP contribution in [0.25, 0.3) is 0 Å². The van der Waals surface area contributed by atoms with Gasteiger partial charge in [-0.2, -0.15) is 5.26 Å². The third kappa shape index (κ3) is 6.25. The first kappa shape index (κ1) is 10.8. The molecule has 1 N–H and O–H groups in total. The van der Waals surface area contributed by atoms with Gasteiger partial charge >= 0.3 is 0 Å². The van der Waals surface area contributed by atoms with Crippen molar-refractivity contribution in [3.05, 3.63) is 18.5 Å². The lowest BCUT2D eigenvalue weighted by Gasteiger charge is -1.88. The monoisotopic (exact) mass is 180 g/mol. The molecule has 1 rings (SSSR count). The Hall–Kier alpha value is -2.16. The van der Waals surface area contributed by atoms with Gasteiger partial charge in [-0.3, -0.25) is 10.1 Å². The molecule has 0 bridgehead atoms. The summed E-state index contributed by atoms with van der Waals surface area (Å²) in [4.78, 5) is 16.4. The Labute approximate surface area is 75.2 Å². The van der Waals surface area contributed by atoms with Crippen LogP contribution in [0.1, 0.15) is 0 Å². The Morgan fingerprint density at radius 3 is 2.54 bits per heavy atom. The van der Waals surface area contributed by atoms with Gasteiger partial charge in [-0.1, -0.05) is 0 Å². The predicted molar refractivity (Wildman–Crippen MR) is 44.3 cm³/mol.